The van der Waals surface area contributed by atoms with Crippen molar-refractivity contribution in [1.29, 1.82) is 0 Å². The van der Waals surface area contributed by atoms with Crippen LogP contribution in [-0.2, 0) is 11.0 Å². The van der Waals surface area contributed by atoms with E-state index in [2.05, 4.69) is 4.90 Å². The van der Waals surface area contributed by atoms with E-state index in [9.17, 15) is 22.8 Å². The third kappa shape index (κ3) is 4.59. The fourth-order valence-corrected chi connectivity index (χ4v) is 4.82. The summed E-state index contributed by atoms with van der Waals surface area (Å²) in [6, 6.07) is 11.9. The molecule has 0 aromatic heterocycles. The number of anilines is 1. The highest BCUT2D eigenvalue weighted by Gasteiger charge is 2.48. The van der Waals surface area contributed by atoms with Gasteiger partial charge in [-0.25, -0.2) is 5.48 Å². The molecule has 174 valence electrons. The number of rotatable bonds is 4. The molecule has 2 aliphatic rings. The molecule has 1 atom stereocenters. The van der Waals surface area contributed by atoms with Crippen LogP contribution in [0.2, 0.25) is 0 Å². The predicted octanol–water partition coefficient (Wildman–Crippen LogP) is 4.11. The lowest BCUT2D eigenvalue weighted by atomic mass is 9.94. The van der Waals surface area contributed by atoms with Crippen LogP contribution >= 0.6 is 0 Å². The van der Waals surface area contributed by atoms with Crippen molar-refractivity contribution < 1.29 is 28.0 Å². The molecule has 2 aromatic rings. The molecule has 0 bridgehead atoms. The smallest absolute Gasteiger partial charge is 0.369 e. The maximum atomic E-state index is 13.2. The summed E-state index contributed by atoms with van der Waals surface area (Å²) >= 11 is 0. The van der Waals surface area contributed by atoms with E-state index in [0.717, 1.165) is 42.6 Å². The molecule has 9 heteroatoms. The van der Waals surface area contributed by atoms with Gasteiger partial charge in [-0.1, -0.05) is 18.2 Å². The van der Waals surface area contributed by atoms with E-state index >= 15 is 0 Å². The Balaban J connectivity index is 1.54. The third-order valence-corrected chi connectivity index (χ3v) is 6.43. The van der Waals surface area contributed by atoms with Crippen LogP contribution in [0.4, 0.5) is 18.9 Å². The zero-order valence-electron chi connectivity index (χ0n) is 17.8. The van der Waals surface area contributed by atoms with Gasteiger partial charge in [0.05, 0.1) is 11.1 Å². The van der Waals surface area contributed by atoms with Crippen LogP contribution in [0.1, 0.15) is 40.7 Å². The molecular weight excluding hydrogens is 435 g/mol. The number of hydrogen-bond donors (Lipinski definition) is 2. The van der Waals surface area contributed by atoms with E-state index in [1.807, 2.05) is 29.2 Å². The fraction of sp³-hybridized carbons (Fsp3) is 0.333. The van der Waals surface area contributed by atoms with E-state index in [1.165, 1.54) is 18.2 Å². The number of hydroxylamine groups is 1. The number of halogens is 3. The molecule has 2 saturated heterocycles. The highest BCUT2D eigenvalue weighted by molar-refractivity contribution is 5.95. The molecule has 1 spiro atoms. The van der Waals surface area contributed by atoms with Crippen LogP contribution in [0.5, 0.6) is 0 Å². The molecule has 0 radical (unpaired) electrons. The molecule has 2 aliphatic heterocycles. The molecule has 1 unspecified atom stereocenters. The van der Waals surface area contributed by atoms with Crippen LogP contribution in [0.3, 0.4) is 0 Å². The van der Waals surface area contributed by atoms with Gasteiger partial charge in [0, 0.05) is 37.0 Å². The molecule has 2 N–H and O–H groups in total. The van der Waals surface area contributed by atoms with Crippen molar-refractivity contribution in [2.75, 3.05) is 24.5 Å². The average molecular weight is 459 g/mol. The summed E-state index contributed by atoms with van der Waals surface area (Å²) in [7, 11) is 0. The summed E-state index contributed by atoms with van der Waals surface area (Å²) in [6.45, 7) is 1.86. The predicted molar refractivity (Wildman–Crippen MR) is 117 cm³/mol. The van der Waals surface area contributed by atoms with Gasteiger partial charge >= 0.3 is 6.18 Å². The second kappa shape index (κ2) is 8.90. The van der Waals surface area contributed by atoms with Crippen molar-refractivity contribution in [3.05, 3.63) is 71.3 Å². The van der Waals surface area contributed by atoms with Gasteiger partial charge in [0.2, 0.25) is 0 Å². The largest absolute Gasteiger partial charge is 0.416 e. The number of nitrogens with one attached hydrogen (secondary N) is 1. The van der Waals surface area contributed by atoms with Crippen molar-refractivity contribution in [1.82, 2.24) is 10.4 Å². The Kier molecular flexibility index (Phi) is 6.16. The van der Waals surface area contributed by atoms with Gasteiger partial charge in [-0.2, -0.15) is 13.2 Å². The van der Waals surface area contributed by atoms with Gasteiger partial charge in [0.1, 0.15) is 0 Å². The van der Waals surface area contributed by atoms with Crippen LogP contribution in [-0.4, -0.2) is 47.1 Å². The maximum absolute atomic E-state index is 13.2. The number of amides is 2. The summed E-state index contributed by atoms with van der Waals surface area (Å²) in [5, 5.41) is 8.71. The number of likely N-dealkylation sites (tertiary alicyclic amines) is 1. The SMILES string of the molecule is O=C(/C=C/c1ccccc1N1CCC2(CCCN2C(=O)c2ccc(C(F)(F)F)cc2)C1)NO. The second-order valence-corrected chi connectivity index (χ2v) is 8.40. The van der Waals surface area contributed by atoms with Gasteiger partial charge in [0.25, 0.3) is 11.8 Å². The maximum Gasteiger partial charge on any atom is 0.416 e. The molecule has 2 fully saturated rings. The van der Waals surface area contributed by atoms with Gasteiger partial charge in [-0.15, -0.1) is 0 Å². The zero-order valence-corrected chi connectivity index (χ0v) is 17.8. The standard InChI is InChI=1S/C24H24F3N3O3/c25-24(26,27)19-9-6-18(7-10-19)22(32)30-14-3-12-23(30)13-15-29(16-23)20-5-2-1-4-17(20)8-11-21(31)28-33/h1-2,4-11,33H,3,12-16H2,(H,28,31)/b11-8+. The lowest BCUT2D eigenvalue weighted by Crippen LogP contribution is -2.49. The highest BCUT2D eigenvalue weighted by atomic mass is 19.4. The first kappa shape index (κ1) is 22.8. The summed E-state index contributed by atoms with van der Waals surface area (Å²) in [6.07, 6.45) is 0.808. The Bertz CT molecular complexity index is 1070. The normalized spacial score (nSPS) is 20.7. The van der Waals surface area contributed by atoms with Crippen LogP contribution in [0.15, 0.2) is 54.6 Å². The molecule has 2 amide bonds. The van der Waals surface area contributed by atoms with E-state index in [-0.39, 0.29) is 17.0 Å². The molecule has 6 nitrogen and oxygen atoms in total. The van der Waals surface area contributed by atoms with E-state index in [0.29, 0.717) is 19.6 Å². The highest BCUT2D eigenvalue weighted by Crippen LogP contribution is 2.41. The molecule has 4 rings (SSSR count). The summed E-state index contributed by atoms with van der Waals surface area (Å²) in [4.78, 5) is 28.6. The number of nitrogens with zero attached hydrogens (tertiary/aromatic N) is 2. The van der Waals surface area contributed by atoms with Gasteiger partial charge in [-0.3, -0.25) is 14.8 Å². The molecule has 0 saturated carbocycles. The number of alkyl halides is 3. The van der Waals surface area contributed by atoms with Gasteiger partial charge in [-0.05, 0) is 61.2 Å². The number of carbonyl (C=O) groups excluding carboxylic acids is 2. The van der Waals surface area contributed by atoms with Gasteiger partial charge < -0.3 is 9.80 Å². The Morgan fingerprint density at radius 3 is 2.45 bits per heavy atom. The first-order valence-corrected chi connectivity index (χ1v) is 10.7. The van der Waals surface area contributed by atoms with Crippen molar-refractivity contribution in [2.24, 2.45) is 0 Å². The van der Waals surface area contributed by atoms with Crippen molar-refractivity contribution in [2.45, 2.75) is 31.0 Å². The lowest BCUT2D eigenvalue weighted by Gasteiger charge is -2.35. The van der Waals surface area contributed by atoms with E-state index in [1.54, 1.807) is 11.6 Å². The quantitative estimate of drug-likeness (QED) is 0.410. The Labute approximate surface area is 189 Å². The summed E-state index contributed by atoms with van der Waals surface area (Å²) in [5.74, 6) is -0.886. The molecule has 0 aliphatic carbocycles. The Morgan fingerprint density at radius 1 is 1.03 bits per heavy atom. The first-order valence-electron chi connectivity index (χ1n) is 10.7. The summed E-state index contributed by atoms with van der Waals surface area (Å²) < 4.78 is 38.6. The first-order chi connectivity index (χ1) is 15.7. The van der Waals surface area contributed by atoms with Crippen LogP contribution < -0.4 is 10.4 Å². The zero-order chi connectivity index (χ0) is 23.6. The van der Waals surface area contributed by atoms with Gasteiger partial charge in [0.15, 0.2) is 0 Å². The second-order valence-electron chi connectivity index (χ2n) is 8.40. The number of benzene rings is 2. The lowest BCUT2D eigenvalue weighted by molar-refractivity contribution is -0.137. The van der Waals surface area contributed by atoms with Crippen LogP contribution in [0.25, 0.3) is 6.08 Å². The molecule has 2 heterocycles. The number of hydrogen-bond acceptors (Lipinski definition) is 4. The monoisotopic (exact) mass is 459 g/mol. The minimum absolute atomic E-state index is 0.251. The van der Waals surface area contributed by atoms with Crippen molar-refractivity contribution in [3.63, 3.8) is 0 Å². The number of para-hydroxylation sites is 1. The minimum atomic E-state index is -4.44. The Hall–Kier alpha value is -3.33. The van der Waals surface area contributed by atoms with Crippen LogP contribution in [0, 0.1) is 0 Å². The molecule has 33 heavy (non-hydrogen) atoms. The van der Waals surface area contributed by atoms with E-state index < -0.39 is 17.6 Å². The Morgan fingerprint density at radius 2 is 1.76 bits per heavy atom. The molecule has 2 aromatic carbocycles. The minimum Gasteiger partial charge on any atom is -0.369 e. The van der Waals surface area contributed by atoms with Crippen molar-refractivity contribution >= 4 is 23.6 Å². The molecular formula is C24H24F3N3O3. The number of carbonyl (C=O) groups is 2. The summed E-state index contributed by atoms with van der Waals surface area (Å²) in [5.41, 5.74) is 2.36. The fourth-order valence-electron chi connectivity index (χ4n) is 4.82. The topological polar surface area (TPSA) is 72.9 Å². The average Bonchev–Trinajstić information content (AvgIpc) is 3.43. The van der Waals surface area contributed by atoms with Crippen molar-refractivity contribution in [3.8, 4) is 0 Å². The van der Waals surface area contributed by atoms with E-state index in [4.69, 9.17) is 5.21 Å². The third-order valence-electron chi connectivity index (χ3n) is 6.43.